The lowest BCUT2D eigenvalue weighted by Gasteiger charge is -2.20. The number of anilines is 2. The van der Waals surface area contributed by atoms with Gasteiger partial charge in [-0.05, 0) is 52.0 Å². The van der Waals surface area contributed by atoms with E-state index in [-0.39, 0.29) is 16.3 Å². The van der Waals surface area contributed by atoms with Crippen molar-refractivity contribution in [3.63, 3.8) is 0 Å². The molecule has 2 aromatic rings. The predicted molar refractivity (Wildman–Crippen MR) is 98.2 cm³/mol. The second-order valence-corrected chi connectivity index (χ2v) is 8.42. The molecule has 26 heavy (non-hydrogen) atoms. The summed E-state index contributed by atoms with van der Waals surface area (Å²) in [5.74, 6) is -0.792. The van der Waals surface area contributed by atoms with Crippen molar-refractivity contribution >= 4 is 27.5 Å². The van der Waals surface area contributed by atoms with Crippen molar-refractivity contribution < 1.29 is 22.3 Å². The Morgan fingerprint density at radius 3 is 2.23 bits per heavy atom. The van der Waals surface area contributed by atoms with Gasteiger partial charge in [-0.15, -0.1) is 0 Å². The maximum Gasteiger partial charge on any atom is 0.412 e. The summed E-state index contributed by atoms with van der Waals surface area (Å²) < 4.78 is 46.2. The Labute approximate surface area is 152 Å². The fraction of sp³-hybridized carbons (Fsp3) is 0.278. The third kappa shape index (κ3) is 5.45. The lowest BCUT2D eigenvalue weighted by atomic mass is 10.2. The van der Waals surface area contributed by atoms with Crippen LogP contribution in [0.1, 0.15) is 26.3 Å². The standard InChI is InChI=1S/C18H21FN2O4S/c1-12-5-8-14(9-6-12)26(23,24)21-13-7-10-16(15(19)11-13)20-17(22)25-18(2,3)4/h5-11,21H,1-4H3,(H,20,22). The maximum absolute atomic E-state index is 14.2. The number of benzene rings is 2. The highest BCUT2D eigenvalue weighted by atomic mass is 32.2. The first-order valence-electron chi connectivity index (χ1n) is 7.85. The number of rotatable bonds is 4. The third-order valence-corrected chi connectivity index (χ3v) is 4.59. The van der Waals surface area contributed by atoms with Gasteiger partial charge in [-0.3, -0.25) is 10.0 Å². The van der Waals surface area contributed by atoms with Crippen molar-refractivity contribution in [1.29, 1.82) is 0 Å². The van der Waals surface area contributed by atoms with Crippen LogP contribution in [0.25, 0.3) is 0 Å². The highest BCUT2D eigenvalue weighted by Gasteiger charge is 2.18. The zero-order chi connectivity index (χ0) is 19.5. The van der Waals surface area contributed by atoms with Gasteiger partial charge in [0, 0.05) is 6.07 Å². The van der Waals surface area contributed by atoms with Crippen molar-refractivity contribution in [3.05, 3.63) is 53.8 Å². The maximum atomic E-state index is 14.2. The molecule has 0 unspecified atom stereocenters. The molecule has 6 nitrogen and oxygen atoms in total. The molecule has 0 fully saturated rings. The van der Waals surface area contributed by atoms with Gasteiger partial charge in [-0.1, -0.05) is 17.7 Å². The van der Waals surface area contributed by atoms with Crippen LogP contribution in [0, 0.1) is 12.7 Å². The van der Waals surface area contributed by atoms with Crippen molar-refractivity contribution in [1.82, 2.24) is 0 Å². The molecule has 0 atom stereocenters. The van der Waals surface area contributed by atoms with Gasteiger partial charge in [-0.25, -0.2) is 17.6 Å². The molecule has 0 radical (unpaired) electrons. The van der Waals surface area contributed by atoms with E-state index in [1.165, 1.54) is 24.3 Å². The summed E-state index contributed by atoms with van der Waals surface area (Å²) >= 11 is 0. The summed E-state index contributed by atoms with van der Waals surface area (Å²) in [5.41, 5.74) is 0.132. The summed E-state index contributed by atoms with van der Waals surface area (Å²) in [5, 5.41) is 2.28. The van der Waals surface area contributed by atoms with Crippen molar-refractivity contribution in [2.24, 2.45) is 0 Å². The number of carbonyl (C=O) groups is 1. The zero-order valence-electron chi connectivity index (χ0n) is 15.0. The molecule has 140 valence electrons. The third-order valence-electron chi connectivity index (χ3n) is 3.19. The second kappa shape index (κ2) is 7.33. The molecule has 0 aliphatic rings. The van der Waals surface area contributed by atoms with E-state index in [0.29, 0.717) is 0 Å². The van der Waals surface area contributed by atoms with Gasteiger partial charge >= 0.3 is 6.09 Å². The molecule has 0 aliphatic carbocycles. The van der Waals surface area contributed by atoms with Gasteiger partial charge in [0.25, 0.3) is 10.0 Å². The molecule has 2 rings (SSSR count). The number of halogens is 1. The van der Waals surface area contributed by atoms with Gasteiger partial charge < -0.3 is 4.74 Å². The normalized spacial score (nSPS) is 11.7. The van der Waals surface area contributed by atoms with Gasteiger partial charge in [-0.2, -0.15) is 0 Å². The smallest absolute Gasteiger partial charge is 0.412 e. The van der Waals surface area contributed by atoms with E-state index in [1.807, 2.05) is 6.92 Å². The van der Waals surface area contributed by atoms with Gasteiger partial charge in [0.1, 0.15) is 11.4 Å². The predicted octanol–water partition coefficient (Wildman–Crippen LogP) is 4.28. The Morgan fingerprint density at radius 2 is 1.69 bits per heavy atom. The van der Waals surface area contributed by atoms with Crippen LogP contribution >= 0.6 is 0 Å². The summed E-state index contributed by atoms with van der Waals surface area (Å²) in [4.78, 5) is 11.8. The van der Waals surface area contributed by atoms with Crippen LogP contribution in [0.5, 0.6) is 0 Å². The number of ether oxygens (including phenoxy) is 1. The minimum atomic E-state index is -3.84. The van der Waals surface area contributed by atoms with Crippen molar-refractivity contribution in [2.45, 2.75) is 38.2 Å². The average Bonchev–Trinajstić information content (AvgIpc) is 2.48. The van der Waals surface area contributed by atoms with Crippen LogP contribution in [-0.2, 0) is 14.8 Å². The first-order chi connectivity index (χ1) is 12.0. The number of sulfonamides is 1. The number of hydrogen-bond acceptors (Lipinski definition) is 4. The molecular formula is C18H21FN2O4S. The van der Waals surface area contributed by atoms with E-state index in [2.05, 4.69) is 10.0 Å². The molecule has 1 amide bonds. The number of nitrogens with one attached hydrogen (secondary N) is 2. The van der Waals surface area contributed by atoms with Gasteiger partial charge in [0.15, 0.2) is 0 Å². The van der Waals surface area contributed by atoms with Crippen LogP contribution in [0.15, 0.2) is 47.4 Å². The summed E-state index contributed by atoms with van der Waals surface area (Å²) in [6, 6.07) is 9.86. The van der Waals surface area contributed by atoms with Crippen LogP contribution in [0.4, 0.5) is 20.6 Å². The van der Waals surface area contributed by atoms with E-state index in [4.69, 9.17) is 4.74 Å². The molecule has 8 heteroatoms. The Balaban J connectivity index is 2.14. The summed E-state index contributed by atoms with van der Waals surface area (Å²) in [6.45, 7) is 6.90. The molecule has 0 aromatic heterocycles. The average molecular weight is 380 g/mol. The van der Waals surface area contributed by atoms with Crippen LogP contribution < -0.4 is 10.0 Å². The Morgan fingerprint density at radius 1 is 1.08 bits per heavy atom. The molecule has 0 aliphatic heterocycles. The fourth-order valence-electron chi connectivity index (χ4n) is 2.03. The highest BCUT2D eigenvalue weighted by Crippen LogP contribution is 2.22. The van der Waals surface area contributed by atoms with Gasteiger partial charge in [0.2, 0.25) is 0 Å². The number of aryl methyl sites for hydroxylation is 1. The molecule has 0 bridgehead atoms. The lowest BCUT2D eigenvalue weighted by Crippen LogP contribution is -2.27. The minimum Gasteiger partial charge on any atom is -0.444 e. The van der Waals surface area contributed by atoms with E-state index in [1.54, 1.807) is 32.9 Å². The van der Waals surface area contributed by atoms with E-state index in [9.17, 15) is 17.6 Å². The van der Waals surface area contributed by atoms with E-state index < -0.39 is 27.5 Å². The van der Waals surface area contributed by atoms with E-state index >= 15 is 0 Å². The lowest BCUT2D eigenvalue weighted by molar-refractivity contribution is 0.0635. The van der Waals surface area contributed by atoms with E-state index in [0.717, 1.165) is 11.6 Å². The minimum absolute atomic E-state index is 0.0396. The fourth-order valence-corrected chi connectivity index (χ4v) is 3.07. The quantitative estimate of drug-likeness (QED) is 0.829. The molecule has 0 heterocycles. The van der Waals surface area contributed by atoms with Crippen molar-refractivity contribution in [3.8, 4) is 0 Å². The molecule has 0 spiro atoms. The monoisotopic (exact) mass is 380 g/mol. The number of hydrogen-bond donors (Lipinski definition) is 2. The summed E-state index contributed by atoms with van der Waals surface area (Å²) in [6.07, 6.45) is -0.801. The first kappa shape index (κ1) is 19.7. The van der Waals surface area contributed by atoms with Crippen LogP contribution in [-0.4, -0.2) is 20.1 Å². The summed E-state index contributed by atoms with van der Waals surface area (Å²) in [7, 11) is -3.84. The molecule has 0 saturated carbocycles. The second-order valence-electron chi connectivity index (χ2n) is 6.74. The number of carbonyl (C=O) groups excluding carboxylic acids is 1. The largest absolute Gasteiger partial charge is 0.444 e. The Bertz CT molecular complexity index is 904. The topological polar surface area (TPSA) is 84.5 Å². The Hall–Kier alpha value is -2.61. The number of amides is 1. The molecular weight excluding hydrogens is 359 g/mol. The molecule has 2 N–H and O–H groups in total. The van der Waals surface area contributed by atoms with Gasteiger partial charge in [0.05, 0.1) is 16.3 Å². The zero-order valence-corrected chi connectivity index (χ0v) is 15.8. The van der Waals surface area contributed by atoms with Crippen LogP contribution in [0.3, 0.4) is 0 Å². The van der Waals surface area contributed by atoms with Crippen LogP contribution in [0.2, 0.25) is 0 Å². The SMILES string of the molecule is Cc1ccc(S(=O)(=O)Nc2ccc(NC(=O)OC(C)(C)C)c(F)c2)cc1. The molecule has 2 aromatic carbocycles. The first-order valence-corrected chi connectivity index (χ1v) is 9.34. The highest BCUT2D eigenvalue weighted by molar-refractivity contribution is 7.92. The Kier molecular flexibility index (Phi) is 5.56. The van der Waals surface area contributed by atoms with Crippen molar-refractivity contribution in [2.75, 3.05) is 10.0 Å². The molecule has 0 saturated heterocycles.